The molecule has 0 aliphatic rings. The zero-order valence-corrected chi connectivity index (χ0v) is 11.3. The highest BCUT2D eigenvalue weighted by atomic mass is 32.2. The van der Waals surface area contributed by atoms with Crippen LogP contribution in [0.25, 0.3) is 0 Å². The predicted octanol–water partition coefficient (Wildman–Crippen LogP) is 2.61. The molecule has 74 valence electrons. The molecule has 12 heavy (non-hydrogen) atoms. The highest BCUT2D eigenvalue weighted by molar-refractivity contribution is 8.04. The monoisotopic (exact) mass is 260 g/mol. The molecule has 0 rings (SSSR count). The Morgan fingerprint density at radius 1 is 1.00 bits per heavy atom. The normalized spacial score (nSPS) is 13.2. The zero-order valence-electron chi connectivity index (χ0n) is 6.98. The van der Waals surface area contributed by atoms with Crippen LogP contribution in [0.3, 0.4) is 0 Å². The second kappa shape index (κ2) is 10.8. The molecule has 0 aromatic carbocycles. The molecule has 0 aromatic rings. The molecule has 0 saturated heterocycles. The molecule has 0 spiro atoms. The first-order valence-electron chi connectivity index (χ1n) is 3.87. The van der Waals surface area contributed by atoms with Gasteiger partial charge in [0.2, 0.25) is 0 Å². The van der Waals surface area contributed by atoms with Gasteiger partial charge in [0, 0.05) is 28.3 Å². The molecular weight excluding hydrogens is 244 g/mol. The van der Waals surface area contributed by atoms with Crippen molar-refractivity contribution in [1.29, 1.82) is 0 Å². The Morgan fingerprint density at radius 2 is 1.67 bits per heavy atom. The second-order valence-electron chi connectivity index (χ2n) is 2.20. The van der Waals surface area contributed by atoms with Crippen molar-refractivity contribution in [3.05, 3.63) is 0 Å². The van der Waals surface area contributed by atoms with E-state index in [0.717, 1.165) is 28.8 Å². The number of thioether (sulfide) groups is 2. The van der Waals surface area contributed by atoms with Gasteiger partial charge in [-0.25, -0.2) is 0 Å². The standard InChI is InChI=1S/C7H16S5/c8-1-3-11-6-7(5-10)12-4-2-9/h7-10H,1-6H2/t7-/m1/s1. The van der Waals surface area contributed by atoms with E-state index in [0.29, 0.717) is 5.25 Å². The van der Waals surface area contributed by atoms with Crippen LogP contribution in [0, 0.1) is 0 Å². The van der Waals surface area contributed by atoms with Crippen LogP contribution in [0.4, 0.5) is 0 Å². The molecule has 0 radical (unpaired) electrons. The van der Waals surface area contributed by atoms with E-state index in [1.165, 1.54) is 5.75 Å². The molecule has 0 nitrogen and oxygen atoms in total. The van der Waals surface area contributed by atoms with Crippen molar-refractivity contribution >= 4 is 61.4 Å². The van der Waals surface area contributed by atoms with Crippen molar-refractivity contribution in [1.82, 2.24) is 0 Å². The molecule has 5 heteroatoms. The Bertz CT molecular complexity index is 87.9. The first kappa shape index (κ1) is 13.8. The predicted molar refractivity (Wildman–Crippen MR) is 75.1 cm³/mol. The van der Waals surface area contributed by atoms with E-state index in [9.17, 15) is 0 Å². The summed E-state index contributed by atoms with van der Waals surface area (Å²) in [7, 11) is 0. The summed E-state index contributed by atoms with van der Waals surface area (Å²) in [6.07, 6.45) is 0. The largest absolute Gasteiger partial charge is 0.179 e. The molecule has 0 unspecified atom stereocenters. The summed E-state index contributed by atoms with van der Waals surface area (Å²) in [5.74, 6) is 6.39. The number of hydrogen-bond donors (Lipinski definition) is 3. The van der Waals surface area contributed by atoms with Crippen molar-refractivity contribution in [3.8, 4) is 0 Å². The summed E-state index contributed by atoms with van der Waals surface area (Å²) in [5, 5.41) is 0.686. The summed E-state index contributed by atoms with van der Waals surface area (Å²) in [6.45, 7) is 0. The van der Waals surface area contributed by atoms with Crippen LogP contribution >= 0.6 is 61.4 Å². The Balaban J connectivity index is 3.26. The van der Waals surface area contributed by atoms with Gasteiger partial charge in [-0.3, -0.25) is 0 Å². The van der Waals surface area contributed by atoms with Gasteiger partial charge in [0.15, 0.2) is 0 Å². The fourth-order valence-corrected chi connectivity index (χ4v) is 3.87. The quantitative estimate of drug-likeness (QED) is 0.453. The second-order valence-corrected chi connectivity index (χ2v) is 6.02. The first-order chi connectivity index (χ1) is 5.85. The minimum atomic E-state index is 0.686. The Kier molecular flexibility index (Phi) is 12.4. The highest BCUT2D eigenvalue weighted by Crippen LogP contribution is 2.18. The van der Waals surface area contributed by atoms with Crippen LogP contribution in [-0.2, 0) is 0 Å². The minimum Gasteiger partial charge on any atom is -0.179 e. The number of hydrogen-bond acceptors (Lipinski definition) is 5. The number of thiol groups is 3. The van der Waals surface area contributed by atoms with Crippen LogP contribution in [-0.4, -0.2) is 39.8 Å². The van der Waals surface area contributed by atoms with Crippen LogP contribution in [0.2, 0.25) is 0 Å². The summed E-state index contributed by atoms with van der Waals surface area (Å²) in [5.41, 5.74) is 0. The maximum absolute atomic E-state index is 4.31. The van der Waals surface area contributed by atoms with E-state index in [2.05, 4.69) is 37.9 Å². The molecule has 0 fully saturated rings. The fraction of sp³-hybridized carbons (Fsp3) is 1.00. The molecule has 0 aromatic heterocycles. The summed E-state index contributed by atoms with van der Waals surface area (Å²) >= 11 is 16.6. The molecule has 0 N–H and O–H groups in total. The van der Waals surface area contributed by atoms with Gasteiger partial charge in [0.1, 0.15) is 0 Å². The van der Waals surface area contributed by atoms with Crippen LogP contribution in [0.1, 0.15) is 0 Å². The summed E-state index contributed by atoms with van der Waals surface area (Å²) in [6, 6.07) is 0. The minimum absolute atomic E-state index is 0.686. The van der Waals surface area contributed by atoms with E-state index >= 15 is 0 Å². The number of rotatable bonds is 8. The van der Waals surface area contributed by atoms with Gasteiger partial charge in [-0.15, -0.1) is 0 Å². The lowest BCUT2D eigenvalue weighted by Gasteiger charge is -2.12. The van der Waals surface area contributed by atoms with Crippen LogP contribution < -0.4 is 0 Å². The maximum Gasteiger partial charge on any atom is 0.0226 e. The van der Waals surface area contributed by atoms with E-state index in [4.69, 9.17) is 0 Å². The van der Waals surface area contributed by atoms with E-state index in [1.807, 2.05) is 23.5 Å². The maximum atomic E-state index is 4.31. The van der Waals surface area contributed by atoms with Crippen molar-refractivity contribution in [3.63, 3.8) is 0 Å². The third-order valence-electron chi connectivity index (χ3n) is 1.19. The lowest BCUT2D eigenvalue weighted by molar-refractivity contribution is 1.15. The molecule has 1 atom stereocenters. The summed E-state index contributed by atoms with van der Waals surface area (Å²) < 4.78 is 0. The Labute approximate surface area is 101 Å². The zero-order chi connectivity index (χ0) is 9.23. The van der Waals surface area contributed by atoms with Gasteiger partial charge in [0.05, 0.1) is 0 Å². The van der Waals surface area contributed by atoms with Gasteiger partial charge >= 0.3 is 0 Å². The molecule has 0 heterocycles. The van der Waals surface area contributed by atoms with Crippen LogP contribution in [0.5, 0.6) is 0 Å². The highest BCUT2D eigenvalue weighted by Gasteiger charge is 2.05. The molecule has 0 saturated carbocycles. The molecular formula is C7H16S5. The van der Waals surface area contributed by atoms with Gasteiger partial charge in [0.25, 0.3) is 0 Å². The van der Waals surface area contributed by atoms with Crippen molar-refractivity contribution in [2.75, 3.05) is 34.5 Å². The van der Waals surface area contributed by atoms with E-state index in [-0.39, 0.29) is 0 Å². The van der Waals surface area contributed by atoms with Gasteiger partial charge in [-0.1, -0.05) is 0 Å². The Hall–Kier alpha value is 1.75. The molecule has 0 amide bonds. The van der Waals surface area contributed by atoms with Crippen molar-refractivity contribution in [2.24, 2.45) is 0 Å². The van der Waals surface area contributed by atoms with Gasteiger partial charge in [-0.05, 0) is 11.5 Å². The molecule has 0 bridgehead atoms. The SMILES string of the molecule is SCCSC[C@@H](CS)SCCS. The molecule has 0 aliphatic heterocycles. The van der Waals surface area contributed by atoms with Crippen LogP contribution in [0.15, 0.2) is 0 Å². The Morgan fingerprint density at radius 3 is 2.17 bits per heavy atom. The van der Waals surface area contributed by atoms with E-state index < -0.39 is 0 Å². The van der Waals surface area contributed by atoms with E-state index in [1.54, 1.807) is 0 Å². The first-order valence-corrected chi connectivity index (χ1v) is 7.97. The van der Waals surface area contributed by atoms with Gasteiger partial charge < -0.3 is 0 Å². The van der Waals surface area contributed by atoms with Gasteiger partial charge in [-0.2, -0.15) is 61.4 Å². The average Bonchev–Trinajstić information content (AvgIpc) is 2.11. The van der Waals surface area contributed by atoms with Crippen molar-refractivity contribution < 1.29 is 0 Å². The lowest BCUT2D eigenvalue weighted by atomic mass is 10.5. The fourth-order valence-electron chi connectivity index (χ4n) is 0.652. The summed E-state index contributed by atoms with van der Waals surface area (Å²) in [4.78, 5) is 0. The topological polar surface area (TPSA) is 0 Å². The third-order valence-corrected chi connectivity index (χ3v) is 5.51. The average molecular weight is 261 g/mol. The smallest absolute Gasteiger partial charge is 0.0226 e. The lowest BCUT2D eigenvalue weighted by Crippen LogP contribution is -2.10. The van der Waals surface area contributed by atoms with Crippen molar-refractivity contribution in [2.45, 2.75) is 5.25 Å². The third kappa shape index (κ3) is 8.35. The molecule has 0 aliphatic carbocycles.